The third kappa shape index (κ3) is 8.18. The molecule has 1 amide bonds. The number of rotatable bonds is 13. The SMILES string of the molecule is COC(=O)c1ccccc1-c1ccccc1C(=O)NCCCCCCCN(N)/C=C(\N)c1cccnc1. The van der Waals surface area contributed by atoms with Crippen LogP contribution in [-0.4, -0.2) is 42.1 Å². The number of esters is 1. The molecule has 3 aromatic rings. The lowest BCUT2D eigenvalue weighted by atomic mass is 9.95. The van der Waals surface area contributed by atoms with Crippen LogP contribution >= 0.6 is 0 Å². The van der Waals surface area contributed by atoms with Crippen LogP contribution in [0.25, 0.3) is 16.8 Å². The van der Waals surface area contributed by atoms with Gasteiger partial charge in [-0.2, -0.15) is 0 Å². The van der Waals surface area contributed by atoms with Crippen molar-refractivity contribution in [2.75, 3.05) is 20.2 Å². The van der Waals surface area contributed by atoms with E-state index in [2.05, 4.69) is 10.3 Å². The van der Waals surface area contributed by atoms with E-state index in [1.807, 2.05) is 42.5 Å². The van der Waals surface area contributed by atoms with Gasteiger partial charge in [0.25, 0.3) is 5.91 Å². The number of aromatic nitrogens is 1. The minimum absolute atomic E-state index is 0.160. The van der Waals surface area contributed by atoms with Crippen molar-refractivity contribution in [2.45, 2.75) is 32.1 Å². The molecule has 0 bridgehead atoms. The highest BCUT2D eigenvalue weighted by atomic mass is 16.5. The summed E-state index contributed by atoms with van der Waals surface area (Å²) in [6.45, 7) is 1.29. The fourth-order valence-electron chi connectivity index (χ4n) is 4.02. The summed E-state index contributed by atoms with van der Waals surface area (Å²) in [6.07, 6.45) is 10.1. The second kappa shape index (κ2) is 14.4. The Labute approximate surface area is 218 Å². The number of nitrogens with two attached hydrogens (primary N) is 2. The van der Waals surface area contributed by atoms with E-state index in [-0.39, 0.29) is 5.91 Å². The fraction of sp³-hybridized carbons (Fsp3) is 0.276. The van der Waals surface area contributed by atoms with Crippen molar-refractivity contribution in [3.8, 4) is 11.1 Å². The first-order valence-electron chi connectivity index (χ1n) is 12.4. The van der Waals surface area contributed by atoms with Gasteiger partial charge in [-0.3, -0.25) is 9.78 Å². The number of ether oxygens (including phenoxy) is 1. The summed E-state index contributed by atoms with van der Waals surface area (Å²) in [5.41, 5.74) is 9.82. The molecule has 0 radical (unpaired) electrons. The molecule has 0 aliphatic heterocycles. The van der Waals surface area contributed by atoms with Crippen LogP contribution in [0, 0.1) is 0 Å². The molecule has 2 aromatic carbocycles. The second-order valence-corrected chi connectivity index (χ2v) is 8.67. The van der Waals surface area contributed by atoms with E-state index in [4.69, 9.17) is 16.3 Å². The average Bonchev–Trinajstić information content (AvgIpc) is 2.94. The van der Waals surface area contributed by atoms with Crippen LogP contribution < -0.4 is 16.9 Å². The van der Waals surface area contributed by atoms with Crippen LogP contribution in [0.1, 0.15) is 58.4 Å². The van der Waals surface area contributed by atoms with E-state index in [9.17, 15) is 9.59 Å². The minimum atomic E-state index is -0.434. The molecule has 1 aromatic heterocycles. The van der Waals surface area contributed by atoms with E-state index in [0.717, 1.165) is 37.7 Å². The number of hydrogen-bond donors (Lipinski definition) is 3. The lowest BCUT2D eigenvalue weighted by Crippen LogP contribution is -2.27. The summed E-state index contributed by atoms with van der Waals surface area (Å²) in [5.74, 6) is 5.44. The quantitative estimate of drug-likeness (QED) is 0.138. The highest BCUT2D eigenvalue weighted by Crippen LogP contribution is 2.27. The summed E-state index contributed by atoms with van der Waals surface area (Å²) in [5, 5.41) is 4.62. The lowest BCUT2D eigenvalue weighted by Gasteiger charge is -2.15. The average molecular weight is 502 g/mol. The summed E-state index contributed by atoms with van der Waals surface area (Å²) < 4.78 is 4.91. The van der Waals surface area contributed by atoms with E-state index in [1.165, 1.54) is 7.11 Å². The van der Waals surface area contributed by atoms with Crippen molar-refractivity contribution in [1.82, 2.24) is 15.3 Å². The summed E-state index contributed by atoms with van der Waals surface area (Å²) in [4.78, 5) is 29.2. The predicted octanol–water partition coefficient (Wildman–Crippen LogP) is 4.35. The number of benzene rings is 2. The molecule has 0 fully saturated rings. The minimum Gasteiger partial charge on any atom is -0.465 e. The van der Waals surface area contributed by atoms with Gasteiger partial charge in [-0.25, -0.2) is 10.6 Å². The normalized spacial score (nSPS) is 11.1. The molecule has 8 nitrogen and oxygen atoms in total. The molecule has 0 saturated heterocycles. The Kier molecular flexibility index (Phi) is 10.7. The van der Waals surface area contributed by atoms with Gasteiger partial charge < -0.3 is 20.8 Å². The van der Waals surface area contributed by atoms with Crippen LogP contribution in [0.4, 0.5) is 0 Å². The Hall–Kier alpha value is -4.17. The van der Waals surface area contributed by atoms with Gasteiger partial charge >= 0.3 is 5.97 Å². The number of hydrogen-bond acceptors (Lipinski definition) is 7. The first-order valence-corrected chi connectivity index (χ1v) is 12.4. The zero-order chi connectivity index (χ0) is 26.5. The summed E-state index contributed by atoms with van der Waals surface area (Å²) >= 11 is 0. The van der Waals surface area contributed by atoms with Crippen molar-refractivity contribution in [3.63, 3.8) is 0 Å². The number of hydrazine groups is 1. The van der Waals surface area contributed by atoms with Crippen molar-refractivity contribution in [2.24, 2.45) is 11.6 Å². The standard InChI is InChI=1S/C29H35N5O3/c1-37-29(36)26-16-8-6-14-24(26)23-13-5-7-15-25(23)28(35)33-18-9-3-2-4-10-19-34(31)21-27(30)22-12-11-17-32-20-22/h5-8,11-17,20-21H,2-4,9-10,18-19,30-31H2,1H3,(H,33,35)/b27-21-. The Morgan fingerprint density at radius 1 is 0.919 bits per heavy atom. The molecule has 0 saturated carbocycles. The van der Waals surface area contributed by atoms with Crippen molar-refractivity contribution in [1.29, 1.82) is 0 Å². The third-order valence-corrected chi connectivity index (χ3v) is 5.97. The molecule has 3 rings (SSSR count). The van der Waals surface area contributed by atoms with Crippen LogP contribution in [0.15, 0.2) is 79.3 Å². The topological polar surface area (TPSA) is 124 Å². The monoisotopic (exact) mass is 501 g/mol. The number of amides is 1. The zero-order valence-corrected chi connectivity index (χ0v) is 21.2. The molecule has 0 atom stereocenters. The number of carbonyl (C=O) groups is 2. The van der Waals surface area contributed by atoms with Gasteiger partial charge in [0.05, 0.1) is 18.4 Å². The molecular formula is C29H35N5O3. The molecule has 5 N–H and O–H groups in total. The number of pyridine rings is 1. The van der Waals surface area contributed by atoms with E-state index < -0.39 is 5.97 Å². The van der Waals surface area contributed by atoms with Crippen molar-refractivity contribution >= 4 is 17.6 Å². The van der Waals surface area contributed by atoms with Gasteiger partial charge in [-0.05, 0) is 48.2 Å². The molecule has 8 heteroatoms. The Balaban J connectivity index is 1.40. The summed E-state index contributed by atoms with van der Waals surface area (Å²) in [7, 11) is 1.35. The van der Waals surface area contributed by atoms with Crippen LogP contribution in [0.2, 0.25) is 0 Å². The molecule has 0 aliphatic carbocycles. The maximum Gasteiger partial charge on any atom is 0.338 e. The highest BCUT2D eigenvalue weighted by Gasteiger charge is 2.18. The summed E-state index contributed by atoms with van der Waals surface area (Å²) in [6, 6.07) is 18.2. The first kappa shape index (κ1) is 27.4. The zero-order valence-electron chi connectivity index (χ0n) is 21.2. The Bertz CT molecular complexity index is 1200. The van der Waals surface area contributed by atoms with E-state index in [0.29, 0.717) is 41.0 Å². The number of methoxy groups -OCH3 is 1. The van der Waals surface area contributed by atoms with E-state index in [1.54, 1.807) is 41.8 Å². The van der Waals surface area contributed by atoms with Gasteiger partial charge in [0.1, 0.15) is 0 Å². The maximum absolute atomic E-state index is 12.9. The molecule has 1 heterocycles. The largest absolute Gasteiger partial charge is 0.465 e. The molecule has 0 aliphatic rings. The van der Waals surface area contributed by atoms with Gasteiger partial charge in [-0.15, -0.1) is 0 Å². The van der Waals surface area contributed by atoms with Gasteiger partial charge in [-0.1, -0.05) is 55.7 Å². The molecule has 0 unspecified atom stereocenters. The van der Waals surface area contributed by atoms with Gasteiger partial charge in [0.2, 0.25) is 0 Å². The second-order valence-electron chi connectivity index (χ2n) is 8.67. The molecular weight excluding hydrogens is 466 g/mol. The van der Waals surface area contributed by atoms with Crippen molar-refractivity contribution in [3.05, 3.63) is 95.9 Å². The predicted molar refractivity (Wildman–Crippen MR) is 146 cm³/mol. The van der Waals surface area contributed by atoms with Crippen LogP contribution in [0.3, 0.4) is 0 Å². The third-order valence-electron chi connectivity index (χ3n) is 5.97. The van der Waals surface area contributed by atoms with Gasteiger partial charge in [0, 0.05) is 42.8 Å². The first-order chi connectivity index (χ1) is 18.0. The highest BCUT2D eigenvalue weighted by molar-refractivity contribution is 6.04. The Morgan fingerprint density at radius 2 is 1.57 bits per heavy atom. The fourth-order valence-corrected chi connectivity index (χ4v) is 4.02. The number of nitrogens with one attached hydrogen (secondary N) is 1. The van der Waals surface area contributed by atoms with Crippen LogP contribution in [0.5, 0.6) is 0 Å². The van der Waals surface area contributed by atoms with Crippen molar-refractivity contribution < 1.29 is 14.3 Å². The molecule has 194 valence electrons. The number of nitrogens with zero attached hydrogens (tertiary/aromatic N) is 2. The Morgan fingerprint density at radius 3 is 2.27 bits per heavy atom. The smallest absolute Gasteiger partial charge is 0.338 e. The lowest BCUT2D eigenvalue weighted by molar-refractivity contribution is 0.0601. The molecule has 0 spiro atoms. The number of carbonyl (C=O) groups excluding carboxylic acids is 2. The maximum atomic E-state index is 12.9. The van der Waals surface area contributed by atoms with Gasteiger partial charge in [0.15, 0.2) is 0 Å². The van der Waals surface area contributed by atoms with E-state index >= 15 is 0 Å². The van der Waals surface area contributed by atoms with Crippen LogP contribution in [-0.2, 0) is 4.74 Å². The molecule has 37 heavy (non-hydrogen) atoms. The number of unbranched alkanes of at least 4 members (excludes halogenated alkanes) is 4.